The first-order valence-corrected chi connectivity index (χ1v) is 13.5. The van der Waals surface area contributed by atoms with Crippen LogP contribution in [0.5, 0.6) is 0 Å². The molecule has 1 aromatic carbocycles. The molecule has 0 aromatic heterocycles. The lowest BCUT2D eigenvalue weighted by Gasteiger charge is -2.61. The van der Waals surface area contributed by atoms with Crippen molar-refractivity contribution in [3.63, 3.8) is 0 Å². The lowest BCUT2D eigenvalue weighted by Crippen LogP contribution is -2.59. The molecular weight excluding hydrogens is 451 g/mol. The number of rotatable bonds is 5. The summed E-state index contributed by atoms with van der Waals surface area (Å²) >= 11 is 0. The van der Waals surface area contributed by atoms with Crippen molar-refractivity contribution >= 4 is 13.8 Å². The molecule has 3 fully saturated rings. The van der Waals surface area contributed by atoms with E-state index < -0.39 is 7.82 Å². The molecule has 5 unspecified atom stereocenters. The molecule has 0 amide bonds. The average molecular weight is 485 g/mol. The maximum Gasteiger partial charge on any atom is 0.475 e. The van der Waals surface area contributed by atoms with Gasteiger partial charge in [-0.05, 0) is 48.7 Å². The first kappa shape index (κ1) is 23.7. The van der Waals surface area contributed by atoms with Crippen LogP contribution >= 0.6 is 7.82 Å². The lowest BCUT2D eigenvalue weighted by molar-refractivity contribution is -0.167. The predicted molar refractivity (Wildman–Crippen MR) is 129 cm³/mol. The Hall–Kier alpha value is -1.98. The van der Waals surface area contributed by atoms with Gasteiger partial charge in [0.1, 0.15) is 6.61 Å². The average Bonchev–Trinajstić information content (AvgIpc) is 3.23. The Morgan fingerprint density at radius 1 is 1.21 bits per heavy atom. The first-order chi connectivity index (χ1) is 16.2. The zero-order chi connectivity index (χ0) is 24.0. The van der Waals surface area contributed by atoms with Gasteiger partial charge in [0, 0.05) is 11.3 Å². The summed E-state index contributed by atoms with van der Waals surface area (Å²) in [5.41, 5.74) is 2.39. The van der Waals surface area contributed by atoms with Crippen LogP contribution in [0.3, 0.4) is 0 Å². The topological polar surface area (TPSA) is 71.1 Å². The summed E-state index contributed by atoms with van der Waals surface area (Å²) in [6.07, 6.45) is 9.23. The Morgan fingerprint density at radius 2 is 2.00 bits per heavy atom. The van der Waals surface area contributed by atoms with Gasteiger partial charge in [-0.2, -0.15) is 0 Å². The van der Waals surface area contributed by atoms with Crippen LogP contribution < -0.4 is 0 Å². The summed E-state index contributed by atoms with van der Waals surface area (Å²) in [5, 5.41) is 0. The van der Waals surface area contributed by atoms with Crippen molar-refractivity contribution in [2.75, 3.05) is 13.2 Å². The maximum atomic E-state index is 13.3. The third-order valence-corrected chi connectivity index (χ3v) is 9.82. The number of hydrogen-bond donors (Lipinski definition) is 0. The second-order valence-electron chi connectivity index (χ2n) is 10.5. The van der Waals surface area contributed by atoms with E-state index in [4.69, 9.17) is 18.3 Å². The Morgan fingerprint density at radius 3 is 2.74 bits per heavy atom. The van der Waals surface area contributed by atoms with Crippen molar-refractivity contribution in [3.05, 3.63) is 71.8 Å². The Bertz CT molecular complexity index is 1080. The zero-order valence-corrected chi connectivity index (χ0v) is 20.8. The molecule has 0 N–H and O–H groups in total. The number of allylic oxidation sites excluding steroid dienone is 2. The SMILES string of the molecule is C=C1CCC2C3(C)COP(=O)(OCc4ccccc4)OC3CC[C@@]2(C)C1/C=C/C1=CCOC1=O. The third kappa shape index (κ3) is 4.15. The first-order valence-electron chi connectivity index (χ1n) is 12.1. The minimum absolute atomic E-state index is 0.0565. The monoisotopic (exact) mass is 484 g/mol. The molecule has 0 radical (unpaired) electrons. The Balaban J connectivity index is 1.33. The fourth-order valence-corrected chi connectivity index (χ4v) is 8.14. The van der Waals surface area contributed by atoms with Crippen LogP contribution in [0.4, 0.5) is 0 Å². The normalized spacial score (nSPS) is 39.9. The molecule has 5 rings (SSSR count). The summed E-state index contributed by atoms with van der Waals surface area (Å²) in [4.78, 5) is 11.9. The van der Waals surface area contributed by atoms with Crippen LogP contribution in [-0.2, 0) is 34.3 Å². The highest BCUT2D eigenvalue weighted by atomic mass is 31.2. The van der Waals surface area contributed by atoms with Crippen LogP contribution in [0.15, 0.2) is 66.3 Å². The molecule has 4 aliphatic rings. The van der Waals surface area contributed by atoms with Crippen LogP contribution in [0.1, 0.15) is 45.1 Å². The molecule has 1 saturated heterocycles. The van der Waals surface area contributed by atoms with E-state index in [0.29, 0.717) is 24.7 Å². The van der Waals surface area contributed by atoms with Gasteiger partial charge in [0.2, 0.25) is 0 Å². The maximum absolute atomic E-state index is 13.3. The number of phosphoric acid groups is 1. The second kappa shape index (κ2) is 8.91. The van der Waals surface area contributed by atoms with Crippen LogP contribution in [0, 0.1) is 22.7 Å². The van der Waals surface area contributed by atoms with Crippen LogP contribution in [-0.4, -0.2) is 25.3 Å². The van der Waals surface area contributed by atoms with E-state index in [2.05, 4.69) is 26.5 Å². The molecule has 2 aliphatic heterocycles. The molecule has 0 bridgehead atoms. The Labute approximate surface area is 201 Å². The van der Waals surface area contributed by atoms with E-state index in [1.54, 1.807) is 0 Å². The van der Waals surface area contributed by atoms with Gasteiger partial charge in [0.25, 0.3) is 0 Å². The number of carbonyl (C=O) groups is 1. The minimum Gasteiger partial charge on any atom is -0.458 e. The fraction of sp³-hybridized carbons (Fsp3) is 0.519. The fourth-order valence-electron chi connectivity index (χ4n) is 6.54. The zero-order valence-electron chi connectivity index (χ0n) is 19.9. The number of hydrogen-bond acceptors (Lipinski definition) is 6. The summed E-state index contributed by atoms with van der Waals surface area (Å²) in [6.45, 7) is 9.77. The second-order valence-corrected chi connectivity index (χ2v) is 12.1. The summed E-state index contributed by atoms with van der Waals surface area (Å²) in [5.74, 6) is 0.169. The number of esters is 1. The molecule has 34 heavy (non-hydrogen) atoms. The van der Waals surface area contributed by atoms with Gasteiger partial charge in [-0.1, -0.05) is 68.5 Å². The van der Waals surface area contributed by atoms with Crippen LogP contribution in [0.25, 0.3) is 0 Å². The molecule has 2 saturated carbocycles. The van der Waals surface area contributed by atoms with Crippen molar-refractivity contribution in [1.29, 1.82) is 0 Å². The molecule has 2 heterocycles. The number of phosphoric ester groups is 1. The Kier molecular flexibility index (Phi) is 6.22. The van der Waals surface area contributed by atoms with Crippen molar-refractivity contribution in [2.24, 2.45) is 22.7 Å². The summed E-state index contributed by atoms with van der Waals surface area (Å²) in [6, 6.07) is 9.63. The van der Waals surface area contributed by atoms with Gasteiger partial charge < -0.3 is 4.74 Å². The number of carbonyl (C=O) groups excluding carboxylic acids is 1. The molecule has 7 heteroatoms. The van der Waals surface area contributed by atoms with Crippen molar-refractivity contribution in [3.8, 4) is 0 Å². The van der Waals surface area contributed by atoms with Gasteiger partial charge in [-0.15, -0.1) is 0 Å². The van der Waals surface area contributed by atoms with Gasteiger partial charge in [-0.3, -0.25) is 13.6 Å². The highest BCUT2D eigenvalue weighted by molar-refractivity contribution is 7.48. The van der Waals surface area contributed by atoms with Crippen molar-refractivity contribution in [2.45, 2.75) is 52.2 Å². The van der Waals surface area contributed by atoms with Gasteiger partial charge in [0.15, 0.2) is 0 Å². The molecule has 2 aliphatic carbocycles. The number of cyclic esters (lactones) is 1. The molecular formula is C27H33O6P. The number of benzene rings is 1. The van der Waals surface area contributed by atoms with Gasteiger partial charge in [0.05, 0.1) is 24.9 Å². The summed E-state index contributed by atoms with van der Waals surface area (Å²) < 4.78 is 36.0. The highest BCUT2D eigenvalue weighted by Gasteiger charge is 2.61. The number of fused-ring (bicyclic) bond motifs is 3. The van der Waals surface area contributed by atoms with Gasteiger partial charge in [-0.25, -0.2) is 9.36 Å². The third-order valence-electron chi connectivity index (χ3n) is 8.42. The number of ether oxygens (including phenoxy) is 1. The van der Waals surface area contributed by atoms with Crippen LogP contribution in [0.2, 0.25) is 0 Å². The molecule has 182 valence electrons. The molecule has 0 spiro atoms. The molecule has 6 nitrogen and oxygen atoms in total. The largest absolute Gasteiger partial charge is 0.475 e. The van der Waals surface area contributed by atoms with Crippen molar-refractivity contribution in [1.82, 2.24) is 0 Å². The molecule has 6 atom stereocenters. The van der Waals surface area contributed by atoms with E-state index in [-0.39, 0.29) is 35.4 Å². The lowest BCUT2D eigenvalue weighted by atomic mass is 9.46. The highest BCUT2D eigenvalue weighted by Crippen LogP contribution is 2.68. The van der Waals surface area contributed by atoms with Crippen molar-refractivity contribution < 1.29 is 27.7 Å². The molecule has 1 aromatic rings. The minimum atomic E-state index is -3.63. The van der Waals surface area contributed by atoms with E-state index in [1.165, 1.54) is 5.57 Å². The predicted octanol–water partition coefficient (Wildman–Crippen LogP) is 6.15. The van der Waals surface area contributed by atoms with E-state index in [1.807, 2.05) is 42.5 Å². The quantitative estimate of drug-likeness (QED) is 0.283. The van der Waals surface area contributed by atoms with Gasteiger partial charge >= 0.3 is 13.8 Å². The van der Waals surface area contributed by atoms with E-state index in [0.717, 1.165) is 31.2 Å². The van der Waals surface area contributed by atoms with E-state index in [9.17, 15) is 9.36 Å². The van der Waals surface area contributed by atoms with E-state index >= 15 is 0 Å². The standard InChI is InChI=1S/C27H33O6P/c1-19-9-12-23-26(2,22(19)11-10-21-14-16-30-25(21)28)15-13-24-27(23,3)18-32-34(29,33-24)31-17-20-7-5-4-6-8-20/h4-8,10-11,14,22-24H,1,9,12-13,15-18H2,2-3H3/b11-10+/t22?,23?,24?,26-,27?,34?/m0/s1. The smallest absolute Gasteiger partial charge is 0.458 e. The summed E-state index contributed by atoms with van der Waals surface area (Å²) in [7, 11) is -3.63.